The fraction of sp³-hybridized carbons (Fsp3) is 0.211. The lowest BCUT2D eigenvalue weighted by molar-refractivity contribution is -0.118. The van der Waals surface area contributed by atoms with Crippen molar-refractivity contribution in [1.29, 1.82) is 0 Å². The number of amides is 1. The van der Waals surface area contributed by atoms with E-state index in [2.05, 4.69) is 29.5 Å². The van der Waals surface area contributed by atoms with E-state index in [0.717, 1.165) is 10.0 Å². The second-order valence-electron chi connectivity index (χ2n) is 5.79. The summed E-state index contributed by atoms with van der Waals surface area (Å²) in [7, 11) is 0. The van der Waals surface area contributed by atoms with Crippen molar-refractivity contribution in [2.45, 2.75) is 17.2 Å². The standard InChI is InChI=1S/C19H19N3OS3/c1-14(15-8-4-2-5-9-15)12-20-17(23)13-25-18-21-22(19(24)26-18)16-10-6-3-7-11-16/h2-11,14H,12-13H2,1H3,(H,20,23). The summed E-state index contributed by atoms with van der Waals surface area (Å²) in [6, 6.07) is 20.0. The third kappa shape index (κ3) is 5.03. The van der Waals surface area contributed by atoms with Gasteiger partial charge in [0.1, 0.15) is 0 Å². The highest BCUT2D eigenvalue weighted by Gasteiger charge is 2.11. The highest BCUT2D eigenvalue weighted by Crippen LogP contribution is 2.24. The van der Waals surface area contributed by atoms with Crippen molar-refractivity contribution in [3.05, 3.63) is 70.2 Å². The Morgan fingerprint density at radius 1 is 1.19 bits per heavy atom. The Bertz CT molecular complexity index is 907. The van der Waals surface area contributed by atoms with E-state index in [1.165, 1.54) is 28.7 Å². The Hall–Kier alpha value is -1.96. The molecule has 26 heavy (non-hydrogen) atoms. The number of hydrogen-bond acceptors (Lipinski definition) is 5. The van der Waals surface area contributed by atoms with E-state index in [4.69, 9.17) is 12.2 Å². The zero-order valence-electron chi connectivity index (χ0n) is 14.3. The van der Waals surface area contributed by atoms with Gasteiger partial charge in [-0.2, -0.15) is 0 Å². The van der Waals surface area contributed by atoms with Crippen molar-refractivity contribution >= 4 is 41.2 Å². The van der Waals surface area contributed by atoms with Gasteiger partial charge in [-0.25, -0.2) is 4.68 Å². The number of hydrogen-bond donors (Lipinski definition) is 1. The molecule has 3 rings (SSSR count). The van der Waals surface area contributed by atoms with Crippen LogP contribution in [0.15, 0.2) is 65.0 Å². The van der Waals surface area contributed by atoms with Gasteiger partial charge in [-0.15, -0.1) is 5.10 Å². The molecule has 0 bridgehead atoms. The molecule has 1 unspecified atom stereocenters. The number of nitrogens with one attached hydrogen (secondary N) is 1. The van der Waals surface area contributed by atoms with Crippen LogP contribution in [0.5, 0.6) is 0 Å². The molecule has 1 atom stereocenters. The lowest BCUT2D eigenvalue weighted by atomic mass is 10.0. The predicted octanol–water partition coefficient (Wildman–Crippen LogP) is 4.68. The molecular weight excluding hydrogens is 382 g/mol. The maximum Gasteiger partial charge on any atom is 0.230 e. The summed E-state index contributed by atoms with van der Waals surface area (Å²) in [6.07, 6.45) is 0. The number of carbonyl (C=O) groups excluding carboxylic acids is 1. The van der Waals surface area contributed by atoms with Crippen molar-refractivity contribution in [3.63, 3.8) is 0 Å². The van der Waals surface area contributed by atoms with Gasteiger partial charge in [0.15, 0.2) is 8.29 Å². The minimum atomic E-state index is 0.00478. The highest BCUT2D eigenvalue weighted by atomic mass is 32.2. The van der Waals surface area contributed by atoms with E-state index in [1.54, 1.807) is 4.68 Å². The van der Waals surface area contributed by atoms with Gasteiger partial charge in [-0.3, -0.25) is 4.79 Å². The molecule has 3 aromatic rings. The molecule has 134 valence electrons. The SMILES string of the molecule is CC(CNC(=O)CSc1nn(-c2ccccc2)c(=S)s1)c1ccccc1. The molecule has 0 aliphatic carbocycles. The topological polar surface area (TPSA) is 46.9 Å². The van der Waals surface area contributed by atoms with E-state index >= 15 is 0 Å². The van der Waals surface area contributed by atoms with E-state index in [9.17, 15) is 4.79 Å². The molecule has 1 amide bonds. The minimum absolute atomic E-state index is 0.00478. The lowest BCUT2D eigenvalue weighted by Gasteiger charge is -2.12. The smallest absolute Gasteiger partial charge is 0.230 e. The van der Waals surface area contributed by atoms with Crippen LogP contribution in [0.1, 0.15) is 18.4 Å². The Morgan fingerprint density at radius 3 is 2.54 bits per heavy atom. The van der Waals surface area contributed by atoms with Crippen LogP contribution in [0.25, 0.3) is 5.69 Å². The number of rotatable bonds is 7. The van der Waals surface area contributed by atoms with Crippen molar-refractivity contribution in [2.24, 2.45) is 0 Å². The van der Waals surface area contributed by atoms with Crippen molar-refractivity contribution < 1.29 is 4.79 Å². The van der Waals surface area contributed by atoms with Crippen molar-refractivity contribution in [2.75, 3.05) is 12.3 Å². The van der Waals surface area contributed by atoms with Crippen LogP contribution in [-0.2, 0) is 4.79 Å². The summed E-state index contributed by atoms with van der Waals surface area (Å²) in [6.45, 7) is 2.73. The zero-order valence-corrected chi connectivity index (χ0v) is 16.7. The zero-order chi connectivity index (χ0) is 18.4. The molecule has 1 heterocycles. The summed E-state index contributed by atoms with van der Waals surface area (Å²) < 4.78 is 3.21. The van der Waals surface area contributed by atoms with E-state index in [0.29, 0.717) is 16.3 Å². The van der Waals surface area contributed by atoms with Crippen molar-refractivity contribution in [1.82, 2.24) is 15.1 Å². The van der Waals surface area contributed by atoms with Crippen LogP contribution < -0.4 is 5.32 Å². The molecule has 1 aromatic heterocycles. The van der Waals surface area contributed by atoms with Crippen LogP contribution in [0.3, 0.4) is 0 Å². The first-order chi connectivity index (χ1) is 12.6. The second kappa shape index (κ2) is 9.12. The number of thioether (sulfide) groups is 1. The molecule has 7 heteroatoms. The van der Waals surface area contributed by atoms with Gasteiger partial charge in [0.25, 0.3) is 0 Å². The van der Waals surface area contributed by atoms with Gasteiger partial charge >= 0.3 is 0 Å². The molecule has 0 aliphatic heterocycles. The fourth-order valence-electron chi connectivity index (χ4n) is 2.40. The number of carbonyl (C=O) groups is 1. The van der Waals surface area contributed by atoms with Gasteiger partial charge < -0.3 is 5.32 Å². The van der Waals surface area contributed by atoms with Crippen LogP contribution in [-0.4, -0.2) is 28.0 Å². The average molecular weight is 402 g/mol. The van der Waals surface area contributed by atoms with Crippen LogP contribution in [0, 0.1) is 3.95 Å². The summed E-state index contributed by atoms with van der Waals surface area (Å²) in [4.78, 5) is 12.1. The molecule has 0 aliphatic rings. The van der Waals surface area contributed by atoms with Crippen LogP contribution in [0.4, 0.5) is 0 Å². The molecule has 0 fully saturated rings. The summed E-state index contributed by atoms with van der Waals surface area (Å²) >= 11 is 8.22. The average Bonchev–Trinajstić information content (AvgIpc) is 3.06. The maximum absolute atomic E-state index is 12.1. The molecular formula is C19H19N3OS3. The van der Waals surface area contributed by atoms with Crippen molar-refractivity contribution in [3.8, 4) is 5.69 Å². The van der Waals surface area contributed by atoms with Gasteiger partial charge in [-0.1, -0.05) is 78.6 Å². The number of aromatic nitrogens is 2. The lowest BCUT2D eigenvalue weighted by Crippen LogP contribution is -2.28. The minimum Gasteiger partial charge on any atom is -0.355 e. The van der Waals surface area contributed by atoms with Gasteiger partial charge in [-0.05, 0) is 35.8 Å². The molecule has 2 aromatic carbocycles. The third-order valence-electron chi connectivity index (χ3n) is 3.83. The Labute approximate surface area is 166 Å². The largest absolute Gasteiger partial charge is 0.355 e. The molecule has 0 saturated heterocycles. The Kier molecular flexibility index (Phi) is 6.60. The van der Waals surface area contributed by atoms with E-state index in [-0.39, 0.29) is 11.8 Å². The number of nitrogens with zero attached hydrogens (tertiary/aromatic N) is 2. The molecule has 0 radical (unpaired) electrons. The van der Waals surface area contributed by atoms with Gasteiger partial charge in [0.2, 0.25) is 5.91 Å². The third-order valence-corrected chi connectivity index (χ3v) is 6.20. The monoisotopic (exact) mass is 401 g/mol. The number of benzene rings is 2. The Balaban J connectivity index is 1.51. The highest BCUT2D eigenvalue weighted by molar-refractivity contribution is 8.01. The first-order valence-electron chi connectivity index (χ1n) is 8.23. The molecule has 4 nitrogen and oxygen atoms in total. The Morgan fingerprint density at radius 2 is 1.85 bits per heavy atom. The fourth-order valence-corrected chi connectivity index (χ4v) is 4.59. The van der Waals surface area contributed by atoms with Gasteiger partial charge in [0.05, 0.1) is 11.4 Å². The molecule has 1 N–H and O–H groups in total. The first-order valence-corrected chi connectivity index (χ1v) is 10.4. The maximum atomic E-state index is 12.1. The summed E-state index contributed by atoms with van der Waals surface area (Å²) in [5.41, 5.74) is 2.15. The van der Waals surface area contributed by atoms with E-state index in [1.807, 2.05) is 48.5 Å². The normalized spacial score (nSPS) is 11.9. The van der Waals surface area contributed by atoms with Crippen LogP contribution in [0.2, 0.25) is 0 Å². The van der Waals surface area contributed by atoms with Crippen LogP contribution >= 0.6 is 35.3 Å². The second-order valence-corrected chi connectivity index (χ2v) is 8.63. The predicted molar refractivity (Wildman–Crippen MR) is 111 cm³/mol. The van der Waals surface area contributed by atoms with E-state index < -0.39 is 0 Å². The first kappa shape index (κ1) is 18.8. The summed E-state index contributed by atoms with van der Waals surface area (Å²) in [5, 5.41) is 7.50. The number of para-hydroxylation sites is 1. The quantitative estimate of drug-likeness (QED) is 0.461. The molecule has 0 saturated carbocycles. The molecule has 0 spiro atoms. The summed E-state index contributed by atoms with van der Waals surface area (Å²) in [5.74, 6) is 0.619. The van der Waals surface area contributed by atoms with Gasteiger partial charge in [0, 0.05) is 6.54 Å².